The first-order chi connectivity index (χ1) is 20.3. The molecule has 1 amide bonds. The third kappa shape index (κ3) is 8.27. The summed E-state index contributed by atoms with van der Waals surface area (Å²) in [6.07, 6.45) is 3.59. The van der Waals surface area contributed by atoms with Crippen molar-refractivity contribution in [3.05, 3.63) is 94.8 Å². The van der Waals surface area contributed by atoms with Crippen molar-refractivity contribution in [1.82, 2.24) is 14.6 Å². The number of fused-ring (bicyclic) bond motifs is 1. The Bertz CT molecular complexity index is 1720. The molecule has 2 N–H and O–H groups in total. The summed E-state index contributed by atoms with van der Waals surface area (Å²) in [4.78, 5) is 29.0. The first-order valence-corrected chi connectivity index (χ1v) is 15.2. The second-order valence-electron chi connectivity index (χ2n) is 11.0. The number of phenolic OH excluding ortho intramolecular Hbond substituents is 1. The van der Waals surface area contributed by atoms with Crippen LogP contribution in [0.1, 0.15) is 32.8 Å². The highest BCUT2D eigenvalue weighted by molar-refractivity contribution is 7.89. The van der Waals surface area contributed by atoms with Crippen molar-refractivity contribution >= 4 is 32.6 Å². The van der Waals surface area contributed by atoms with E-state index in [0.29, 0.717) is 34.7 Å². The van der Waals surface area contributed by atoms with Crippen molar-refractivity contribution in [2.75, 3.05) is 19.6 Å². The van der Waals surface area contributed by atoms with E-state index in [1.807, 2.05) is 0 Å². The summed E-state index contributed by atoms with van der Waals surface area (Å²) in [5.41, 5.74) is 1.13. The second-order valence-corrected chi connectivity index (χ2v) is 12.7. The molecule has 0 fully saturated rings. The van der Waals surface area contributed by atoms with E-state index in [2.05, 4.69) is 9.71 Å². The molecule has 0 aliphatic heterocycles. The number of benzene rings is 3. The molecule has 0 saturated heterocycles. The molecular weight excluding hydrogens is 572 g/mol. The number of nitrogens with one attached hydrogen (secondary N) is 1. The van der Waals surface area contributed by atoms with Gasteiger partial charge in [-0.05, 0) is 69.0 Å². The maximum absolute atomic E-state index is 13.6. The Kier molecular flexibility index (Phi) is 9.62. The molecule has 0 aliphatic rings. The summed E-state index contributed by atoms with van der Waals surface area (Å²) >= 11 is 0. The highest BCUT2D eigenvalue weighted by Gasteiger charge is 2.24. The SMILES string of the molecule is CC(C)(C)OC(=O)N(CCCc1ccc([N+](=O)[O-])cc1)CCNS(=O)(=O)c1cc(-c2ccccc2O)cc2cnccc12. The lowest BCUT2D eigenvalue weighted by Crippen LogP contribution is -2.42. The maximum Gasteiger partial charge on any atom is 0.410 e. The molecule has 226 valence electrons. The van der Waals surface area contributed by atoms with E-state index in [-0.39, 0.29) is 36.0 Å². The highest BCUT2D eigenvalue weighted by atomic mass is 32.2. The van der Waals surface area contributed by atoms with Crippen LogP contribution in [0, 0.1) is 10.1 Å². The number of rotatable bonds is 11. The normalized spacial score (nSPS) is 11.8. The van der Waals surface area contributed by atoms with Crippen molar-refractivity contribution in [3.8, 4) is 16.9 Å². The summed E-state index contributed by atoms with van der Waals surface area (Å²) in [6.45, 7) is 5.50. The molecule has 4 aromatic rings. The summed E-state index contributed by atoms with van der Waals surface area (Å²) in [5, 5.41) is 22.4. The molecule has 0 bridgehead atoms. The number of aryl methyl sites for hydroxylation is 1. The van der Waals surface area contributed by atoms with Crippen molar-refractivity contribution in [2.24, 2.45) is 0 Å². The molecule has 0 spiro atoms. The van der Waals surface area contributed by atoms with Gasteiger partial charge >= 0.3 is 6.09 Å². The van der Waals surface area contributed by atoms with E-state index in [1.54, 1.807) is 69.4 Å². The number of non-ortho nitro benzene ring substituents is 1. The number of carbonyl (C=O) groups is 1. The summed E-state index contributed by atoms with van der Waals surface area (Å²) in [6, 6.07) is 17.8. The van der Waals surface area contributed by atoms with Crippen molar-refractivity contribution in [3.63, 3.8) is 0 Å². The molecule has 0 radical (unpaired) electrons. The van der Waals surface area contributed by atoms with Gasteiger partial charge < -0.3 is 14.7 Å². The number of ether oxygens (including phenoxy) is 1. The smallest absolute Gasteiger partial charge is 0.410 e. The molecule has 43 heavy (non-hydrogen) atoms. The van der Waals surface area contributed by atoms with Gasteiger partial charge in [0, 0.05) is 60.5 Å². The predicted molar refractivity (Wildman–Crippen MR) is 163 cm³/mol. The number of amides is 1. The Morgan fingerprint density at radius 3 is 2.47 bits per heavy atom. The number of pyridine rings is 1. The largest absolute Gasteiger partial charge is 0.507 e. The Morgan fingerprint density at radius 2 is 1.79 bits per heavy atom. The standard InChI is InChI=1S/C31H34N4O7S/c1-31(2,3)42-30(37)34(17-6-7-22-10-12-25(13-11-22)35(38)39)18-16-33-43(40,41)29-20-23(26-8-4-5-9-28(26)36)19-24-21-32-15-14-27(24)29/h4-5,8-15,19-21,33,36H,6-7,16-18H2,1-3H3. The molecule has 1 heterocycles. The van der Waals surface area contributed by atoms with E-state index in [1.165, 1.54) is 35.4 Å². The van der Waals surface area contributed by atoms with Crippen molar-refractivity contribution in [1.29, 1.82) is 0 Å². The number of aromatic nitrogens is 1. The average Bonchev–Trinajstić information content (AvgIpc) is 2.95. The van der Waals surface area contributed by atoms with E-state index >= 15 is 0 Å². The van der Waals surface area contributed by atoms with Gasteiger partial charge in [-0.15, -0.1) is 0 Å². The molecule has 0 unspecified atom stereocenters. The number of hydrogen-bond acceptors (Lipinski definition) is 8. The number of sulfonamides is 1. The topological polar surface area (TPSA) is 152 Å². The number of aromatic hydroxyl groups is 1. The number of nitro benzene ring substituents is 1. The van der Waals surface area contributed by atoms with Gasteiger partial charge in [0.1, 0.15) is 11.4 Å². The van der Waals surface area contributed by atoms with Gasteiger partial charge in [0.2, 0.25) is 10.0 Å². The Hall–Kier alpha value is -4.55. The lowest BCUT2D eigenvalue weighted by molar-refractivity contribution is -0.384. The predicted octanol–water partition coefficient (Wildman–Crippen LogP) is 5.66. The van der Waals surface area contributed by atoms with Crippen LogP contribution in [0.15, 0.2) is 84.0 Å². The Labute approximate surface area is 250 Å². The molecule has 12 heteroatoms. The molecule has 1 aromatic heterocycles. The average molecular weight is 607 g/mol. The van der Waals surface area contributed by atoms with Gasteiger partial charge in [-0.3, -0.25) is 15.1 Å². The number of nitro groups is 1. The zero-order valence-electron chi connectivity index (χ0n) is 24.2. The van der Waals surface area contributed by atoms with Crippen LogP contribution in [-0.4, -0.2) is 59.7 Å². The molecule has 0 saturated carbocycles. The number of hydrogen-bond donors (Lipinski definition) is 2. The quantitative estimate of drug-likeness (QED) is 0.164. The first-order valence-electron chi connectivity index (χ1n) is 13.7. The van der Waals surface area contributed by atoms with E-state index < -0.39 is 26.6 Å². The lowest BCUT2D eigenvalue weighted by Gasteiger charge is -2.27. The van der Waals surface area contributed by atoms with Gasteiger partial charge in [0.25, 0.3) is 5.69 Å². The van der Waals surface area contributed by atoms with Gasteiger partial charge in [0.15, 0.2) is 0 Å². The van der Waals surface area contributed by atoms with Crippen molar-refractivity contribution < 1.29 is 28.0 Å². The van der Waals surface area contributed by atoms with E-state index in [4.69, 9.17) is 4.74 Å². The fourth-order valence-corrected chi connectivity index (χ4v) is 5.81. The third-order valence-electron chi connectivity index (χ3n) is 6.59. The molecule has 3 aromatic carbocycles. The monoisotopic (exact) mass is 606 g/mol. The number of phenols is 1. The fraction of sp³-hybridized carbons (Fsp3) is 0.290. The van der Waals surface area contributed by atoms with Crippen LogP contribution in [0.4, 0.5) is 10.5 Å². The van der Waals surface area contributed by atoms with Crippen LogP contribution in [0.5, 0.6) is 5.75 Å². The van der Waals surface area contributed by atoms with Crippen LogP contribution in [0.2, 0.25) is 0 Å². The van der Waals surface area contributed by atoms with Crippen LogP contribution in [0.25, 0.3) is 21.9 Å². The first kappa shape index (κ1) is 31.4. The molecule has 0 atom stereocenters. The number of nitrogens with zero attached hydrogens (tertiary/aromatic N) is 3. The minimum Gasteiger partial charge on any atom is -0.507 e. The van der Waals surface area contributed by atoms with Gasteiger partial charge in [0.05, 0.1) is 9.82 Å². The van der Waals surface area contributed by atoms with Gasteiger partial charge in [-0.2, -0.15) is 0 Å². The Morgan fingerprint density at radius 1 is 1.07 bits per heavy atom. The molecular formula is C31H34N4O7S. The van der Waals surface area contributed by atoms with E-state index in [9.17, 15) is 28.4 Å². The third-order valence-corrected chi connectivity index (χ3v) is 8.09. The minimum absolute atomic E-state index is 0.00145. The number of carbonyl (C=O) groups excluding carboxylic acids is 1. The van der Waals surface area contributed by atoms with Gasteiger partial charge in [-0.25, -0.2) is 17.9 Å². The number of para-hydroxylation sites is 1. The van der Waals surface area contributed by atoms with Crippen LogP contribution < -0.4 is 4.72 Å². The molecule has 0 aliphatic carbocycles. The van der Waals surface area contributed by atoms with Crippen LogP contribution >= 0.6 is 0 Å². The highest BCUT2D eigenvalue weighted by Crippen LogP contribution is 2.34. The van der Waals surface area contributed by atoms with Crippen LogP contribution in [0.3, 0.4) is 0 Å². The summed E-state index contributed by atoms with van der Waals surface area (Å²) < 4.78 is 35.3. The van der Waals surface area contributed by atoms with Gasteiger partial charge in [-0.1, -0.05) is 30.3 Å². The lowest BCUT2D eigenvalue weighted by atomic mass is 10.0. The Balaban J connectivity index is 1.50. The maximum atomic E-state index is 13.6. The molecule has 11 nitrogen and oxygen atoms in total. The van der Waals surface area contributed by atoms with Crippen molar-refractivity contribution in [2.45, 2.75) is 44.1 Å². The minimum atomic E-state index is -4.05. The summed E-state index contributed by atoms with van der Waals surface area (Å²) in [7, 11) is -4.05. The zero-order chi connectivity index (χ0) is 31.2. The second kappa shape index (κ2) is 13.2. The summed E-state index contributed by atoms with van der Waals surface area (Å²) in [5.74, 6) is 0.0174. The van der Waals surface area contributed by atoms with E-state index in [0.717, 1.165) is 5.56 Å². The molecule has 4 rings (SSSR count). The fourth-order valence-electron chi connectivity index (χ4n) is 4.54. The zero-order valence-corrected chi connectivity index (χ0v) is 25.0. The van der Waals surface area contributed by atoms with Crippen LogP contribution in [-0.2, 0) is 21.2 Å².